The normalized spacial score (nSPS) is 22.1. The van der Waals surface area contributed by atoms with Crippen LogP contribution < -0.4 is 5.32 Å². The second-order valence-corrected chi connectivity index (χ2v) is 5.92. The Hall–Kier alpha value is -0.900. The molecule has 0 amide bonds. The fourth-order valence-corrected chi connectivity index (χ4v) is 2.89. The summed E-state index contributed by atoms with van der Waals surface area (Å²) in [4.78, 5) is 2.51. The van der Waals surface area contributed by atoms with Gasteiger partial charge in [-0.05, 0) is 39.3 Å². The van der Waals surface area contributed by atoms with Crippen molar-refractivity contribution in [3.8, 4) is 0 Å². The number of nitrogens with one attached hydrogen (secondary N) is 1. The Bertz CT molecular complexity index is 380. The van der Waals surface area contributed by atoms with Gasteiger partial charge in [-0.15, -0.1) is 0 Å². The van der Waals surface area contributed by atoms with Gasteiger partial charge >= 0.3 is 0 Å². The number of benzene rings is 1. The summed E-state index contributed by atoms with van der Waals surface area (Å²) in [7, 11) is 2.05. The van der Waals surface area contributed by atoms with E-state index in [1.54, 1.807) is 0 Å². The van der Waals surface area contributed by atoms with E-state index in [0.717, 1.165) is 32.5 Å². The van der Waals surface area contributed by atoms with E-state index in [0.29, 0.717) is 18.2 Å². The van der Waals surface area contributed by atoms with Crippen molar-refractivity contribution in [3.63, 3.8) is 0 Å². The third-order valence-electron chi connectivity index (χ3n) is 4.26. The van der Waals surface area contributed by atoms with Crippen LogP contribution in [0.3, 0.4) is 0 Å². The van der Waals surface area contributed by atoms with Gasteiger partial charge in [0.15, 0.2) is 0 Å². The maximum Gasteiger partial charge on any atom is 0.0855 e. The molecule has 3 nitrogen and oxygen atoms in total. The largest absolute Gasteiger partial charge is 0.374 e. The van der Waals surface area contributed by atoms with E-state index in [-0.39, 0.29) is 0 Å². The number of hydrogen-bond donors (Lipinski definition) is 1. The zero-order valence-electron chi connectivity index (χ0n) is 13.0. The molecule has 0 bridgehead atoms. The molecule has 1 aromatic rings. The molecule has 1 aliphatic heterocycles. The van der Waals surface area contributed by atoms with Crippen LogP contribution >= 0.6 is 0 Å². The van der Waals surface area contributed by atoms with Gasteiger partial charge in [-0.3, -0.25) is 4.90 Å². The number of ether oxygens (including phenoxy) is 1. The number of morpholine rings is 1. The van der Waals surface area contributed by atoms with E-state index in [1.165, 1.54) is 5.56 Å². The molecule has 0 aromatic heterocycles. The molecule has 20 heavy (non-hydrogen) atoms. The molecule has 0 saturated carbocycles. The first-order valence-corrected chi connectivity index (χ1v) is 7.77. The quantitative estimate of drug-likeness (QED) is 0.863. The Balaban J connectivity index is 1.87. The van der Waals surface area contributed by atoms with Crippen LogP contribution in [0.4, 0.5) is 0 Å². The first-order valence-electron chi connectivity index (χ1n) is 7.77. The van der Waals surface area contributed by atoms with Gasteiger partial charge in [-0.1, -0.05) is 30.3 Å². The zero-order chi connectivity index (χ0) is 14.4. The minimum absolute atomic E-state index is 0.305. The van der Waals surface area contributed by atoms with Crippen LogP contribution in [0, 0.1) is 0 Å². The van der Waals surface area contributed by atoms with Gasteiger partial charge in [0, 0.05) is 25.2 Å². The smallest absolute Gasteiger partial charge is 0.0855 e. The lowest BCUT2D eigenvalue weighted by molar-refractivity contribution is -0.0553. The minimum Gasteiger partial charge on any atom is -0.374 e. The summed E-state index contributed by atoms with van der Waals surface area (Å²) in [6, 6.07) is 11.7. The first kappa shape index (κ1) is 15.5. The highest BCUT2D eigenvalue weighted by Gasteiger charge is 2.27. The Kier molecular flexibility index (Phi) is 6.02. The summed E-state index contributed by atoms with van der Waals surface area (Å²) in [5.41, 5.74) is 1.41. The number of rotatable bonds is 6. The van der Waals surface area contributed by atoms with Crippen LogP contribution in [0.25, 0.3) is 0 Å². The number of likely N-dealkylation sites (N-methyl/N-ethyl adjacent to an activating group) is 1. The highest BCUT2D eigenvalue weighted by molar-refractivity contribution is 5.14. The number of nitrogens with zero attached hydrogens (tertiary/aromatic N) is 1. The molecule has 1 fully saturated rings. The molecule has 1 N–H and O–H groups in total. The predicted molar refractivity (Wildman–Crippen MR) is 84.1 cm³/mol. The second-order valence-electron chi connectivity index (χ2n) is 5.92. The topological polar surface area (TPSA) is 24.5 Å². The molecular weight excluding hydrogens is 248 g/mol. The number of hydrogen-bond acceptors (Lipinski definition) is 3. The third-order valence-corrected chi connectivity index (χ3v) is 4.26. The van der Waals surface area contributed by atoms with Crippen molar-refractivity contribution in [2.75, 3.05) is 26.7 Å². The molecule has 0 aliphatic carbocycles. The van der Waals surface area contributed by atoms with Crippen LogP contribution in [-0.4, -0.2) is 49.8 Å². The summed E-state index contributed by atoms with van der Waals surface area (Å²) in [5.74, 6) is 0. The Morgan fingerprint density at radius 1 is 1.30 bits per heavy atom. The molecule has 2 atom stereocenters. The summed E-state index contributed by atoms with van der Waals surface area (Å²) in [6.45, 7) is 7.48. The van der Waals surface area contributed by atoms with Crippen molar-refractivity contribution in [1.82, 2.24) is 10.2 Å². The van der Waals surface area contributed by atoms with E-state index in [1.807, 2.05) is 7.05 Å². The van der Waals surface area contributed by atoms with E-state index >= 15 is 0 Å². The van der Waals surface area contributed by atoms with Gasteiger partial charge in [-0.2, -0.15) is 0 Å². The lowest BCUT2D eigenvalue weighted by atomic mass is 10.00. The van der Waals surface area contributed by atoms with Crippen molar-refractivity contribution in [1.29, 1.82) is 0 Å². The second kappa shape index (κ2) is 7.77. The average molecular weight is 276 g/mol. The SMILES string of the molecule is CNC(CCc1ccccc1)C1CN(C(C)C)CCO1. The molecule has 2 unspecified atom stereocenters. The van der Waals surface area contributed by atoms with Gasteiger partial charge in [0.25, 0.3) is 0 Å². The molecule has 112 valence electrons. The van der Waals surface area contributed by atoms with Gasteiger partial charge < -0.3 is 10.1 Å². The zero-order valence-corrected chi connectivity index (χ0v) is 13.0. The highest BCUT2D eigenvalue weighted by Crippen LogP contribution is 2.15. The van der Waals surface area contributed by atoms with Crippen molar-refractivity contribution in [2.24, 2.45) is 0 Å². The number of aryl methyl sites for hydroxylation is 1. The molecule has 1 aromatic carbocycles. The predicted octanol–water partition coefficient (Wildman–Crippen LogP) is 2.32. The van der Waals surface area contributed by atoms with Crippen molar-refractivity contribution >= 4 is 0 Å². The summed E-state index contributed by atoms with van der Waals surface area (Å²) >= 11 is 0. The molecule has 0 radical (unpaired) electrons. The van der Waals surface area contributed by atoms with E-state index < -0.39 is 0 Å². The fraction of sp³-hybridized carbons (Fsp3) is 0.647. The molecule has 2 rings (SSSR count). The van der Waals surface area contributed by atoms with Crippen molar-refractivity contribution in [2.45, 2.75) is 44.9 Å². The van der Waals surface area contributed by atoms with Crippen LogP contribution in [0.2, 0.25) is 0 Å². The maximum absolute atomic E-state index is 6.00. The monoisotopic (exact) mass is 276 g/mol. The molecular formula is C17H28N2O. The summed E-state index contributed by atoms with van der Waals surface area (Å²) in [5, 5.41) is 3.45. The minimum atomic E-state index is 0.305. The van der Waals surface area contributed by atoms with Crippen LogP contribution in [0.5, 0.6) is 0 Å². The Morgan fingerprint density at radius 3 is 2.70 bits per heavy atom. The van der Waals surface area contributed by atoms with Crippen molar-refractivity contribution in [3.05, 3.63) is 35.9 Å². The molecule has 1 heterocycles. The van der Waals surface area contributed by atoms with Crippen LogP contribution in [0.15, 0.2) is 30.3 Å². The van der Waals surface area contributed by atoms with E-state index in [4.69, 9.17) is 4.74 Å². The fourth-order valence-electron chi connectivity index (χ4n) is 2.89. The van der Waals surface area contributed by atoms with Crippen LogP contribution in [-0.2, 0) is 11.2 Å². The van der Waals surface area contributed by atoms with Gasteiger partial charge in [0.1, 0.15) is 0 Å². The van der Waals surface area contributed by atoms with Gasteiger partial charge in [0.05, 0.1) is 12.7 Å². The van der Waals surface area contributed by atoms with Gasteiger partial charge in [0.2, 0.25) is 0 Å². The highest BCUT2D eigenvalue weighted by atomic mass is 16.5. The molecule has 1 aliphatic rings. The summed E-state index contributed by atoms with van der Waals surface area (Å²) in [6.07, 6.45) is 2.53. The lowest BCUT2D eigenvalue weighted by Crippen LogP contribution is -2.53. The lowest BCUT2D eigenvalue weighted by Gasteiger charge is -2.39. The molecule has 1 saturated heterocycles. The third kappa shape index (κ3) is 4.30. The Labute approximate surface area is 123 Å². The summed E-state index contributed by atoms with van der Waals surface area (Å²) < 4.78 is 6.00. The first-order chi connectivity index (χ1) is 9.70. The van der Waals surface area contributed by atoms with Gasteiger partial charge in [-0.25, -0.2) is 0 Å². The van der Waals surface area contributed by atoms with E-state index in [9.17, 15) is 0 Å². The molecule has 3 heteroatoms. The van der Waals surface area contributed by atoms with Crippen LogP contribution in [0.1, 0.15) is 25.8 Å². The Morgan fingerprint density at radius 2 is 2.05 bits per heavy atom. The van der Waals surface area contributed by atoms with E-state index in [2.05, 4.69) is 54.4 Å². The molecule has 0 spiro atoms. The maximum atomic E-state index is 6.00. The average Bonchev–Trinajstić information content (AvgIpc) is 2.49. The van der Waals surface area contributed by atoms with Crippen molar-refractivity contribution < 1.29 is 4.74 Å². The standard InChI is InChI=1S/C17H28N2O/c1-14(2)19-11-12-20-17(13-19)16(18-3)10-9-15-7-5-4-6-8-15/h4-8,14,16-18H,9-13H2,1-3H3.